The molecule has 2 amide bonds. The number of rotatable bonds is 13. The minimum Gasteiger partial charge on any atom is -0.480 e. The fraction of sp³-hybridized carbons (Fsp3) is 0.409. The Kier molecular flexibility index (Phi) is 10.0. The summed E-state index contributed by atoms with van der Waals surface area (Å²) in [6.07, 6.45) is 2.44. The van der Waals surface area contributed by atoms with Gasteiger partial charge in [0, 0.05) is 25.8 Å². The number of aliphatic carboxylic acids is 1. The zero-order valence-electron chi connectivity index (χ0n) is 18.9. The van der Waals surface area contributed by atoms with Crippen LogP contribution in [0.2, 0.25) is 0 Å². The summed E-state index contributed by atoms with van der Waals surface area (Å²) in [4.78, 5) is 39.9. The number of aromatic nitrogens is 1. The molecule has 1 aromatic carbocycles. The molecule has 2 unspecified atom stereocenters. The molecule has 3 rings (SSSR count). The summed E-state index contributed by atoms with van der Waals surface area (Å²) in [5.41, 5.74) is 0.748. The summed E-state index contributed by atoms with van der Waals surface area (Å²) < 4.78 is 15.4. The number of aliphatic imine (C=N–C) groups is 1. The van der Waals surface area contributed by atoms with Crippen LogP contribution in [0, 0.1) is 0 Å². The molecule has 1 aromatic heterocycles. The molecule has 13 heteroatoms. The number of alkyl carbamates (subject to hydrolysis) is 1. The molecule has 0 aliphatic carbocycles. The van der Waals surface area contributed by atoms with Crippen molar-refractivity contribution >= 4 is 24.2 Å². The summed E-state index contributed by atoms with van der Waals surface area (Å²) >= 11 is 0. The van der Waals surface area contributed by atoms with Gasteiger partial charge in [-0.2, -0.15) is 0 Å². The molecule has 0 saturated heterocycles. The van der Waals surface area contributed by atoms with Crippen molar-refractivity contribution in [2.45, 2.75) is 31.8 Å². The van der Waals surface area contributed by atoms with Crippen LogP contribution < -0.4 is 26.0 Å². The van der Waals surface area contributed by atoms with Gasteiger partial charge in [0.1, 0.15) is 12.6 Å². The van der Waals surface area contributed by atoms with E-state index in [2.05, 4.69) is 31.4 Å². The Balaban J connectivity index is 1.35. The molecule has 0 bridgehead atoms. The average Bonchev–Trinajstić information content (AvgIpc) is 3.35. The number of carbonyl (C=O) groups excluding carboxylic acids is 2. The van der Waals surface area contributed by atoms with Crippen LogP contribution in [0.15, 0.2) is 45.9 Å². The molecule has 5 N–H and O–H groups in total. The van der Waals surface area contributed by atoms with Crippen molar-refractivity contribution in [3.05, 3.63) is 47.7 Å². The van der Waals surface area contributed by atoms with E-state index in [0.717, 1.165) is 18.5 Å². The predicted octanol–water partition coefficient (Wildman–Crippen LogP) is 0.490. The summed E-state index contributed by atoms with van der Waals surface area (Å²) in [5, 5.41) is 24.0. The Hall–Kier alpha value is -3.97. The topological polar surface area (TPSA) is 176 Å². The third kappa shape index (κ3) is 9.06. The lowest BCUT2D eigenvalue weighted by Crippen LogP contribution is -2.48. The highest BCUT2D eigenvalue weighted by Gasteiger charge is 2.23. The fourth-order valence-electron chi connectivity index (χ4n) is 2.95. The van der Waals surface area contributed by atoms with Gasteiger partial charge in [-0.15, -0.1) is 0 Å². The third-order valence-corrected chi connectivity index (χ3v) is 4.76. The van der Waals surface area contributed by atoms with Crippen LogP contribution in [0.5, 0.6) is 5.88 Å². The van der Waals surface area contributed by atoms with Crippen LogP contribution in [-0.4, -0.2) is 73.0 Å². The van der Waals surface area contributed by atoms with Crippen molar-refractivity contribution in [3.8, 4) is 5.88 Å². The van der Waals surface area contributed by atoms with Gasteiger partial charge in [0.2, 0.25) is 5.76 Å². The normalized spacial score (nSPS) is 15.7. The molecule has 0 radical (unpaired) electrons. The number of nitrogens with one attached hydrogen (secondary N) is 4. The van der Waals surface area contributed by atoms with Crippen LogP contribution >= 0.6 is 0 Å². The monoisotopic (exact) mass is 488 g/mol. The van der Waals surface area contributed by atoms with Gasteiger partial charge in [-0.3, -0.25) is 20.4 Å². The van der Waals surface area contributed by atoms with Gasteiger partial charge in [0.05, 0.1) is 12.7 Å². The maximum atomic E-state index is 12.3. The van der Waals surface area contributed by atoms with Crippen molar-refractivity contribution in [2.24, 2.45) is 4.99 Å². The number of hydrogen-bond donors (Lipinski definition) is 5. The number of amides is 2. The number of carboxylic acids is 1. The first-order chi connectivity index (χ1) is 17.0. The zero-order chi connectivity index (χ0) is 24.9. The highest BCUT2D eigenvalue weighted by molar-refractivity contribution is 5.92. The second-order valence-electron chi connectivity index (χ2n) is 7.47. The first kappa shape index (κ1) is 25.6. The van der Waals surface area contributed by atoms with Crippen LogP contribution in [0.4, 0.5) is 4.79 Å². The summed E-state index contributed by atoms with van der Waals surface area (Å²) in [5.74, 6) is -2.08. The molecule has 1 aliphatic rings. The molecule has 188 valence electrons. The largest absolute Gasteiger partial charge is 0.480 e. The van der Waals surface area contributed by atoms with E-state index in [0.29, 0.717) is 19.6 Å². The molecule has 0 fully saturated rings. The summed E-state index contributed by atoms with van der Waals surface area (Å²) in [6.45, 7) is 1.47. The van der Waals surface area contributed by atoms with Gasteiger partial charge in [-0.05, 0) is 23.6 Å². The molecule has 0 spiro atoms. The Labute approximate surface area is 201 Å². The van der Waals surface area contributed by atoms with Crippen molar-refractivity contribution in [1.82, 2.24) is 26.4 Å². The lowest BCUT2D eigenvalue weighted by molar-refractivity contribution is -0.139. The van der Waals surface area contributed by atoms with E-state index in [1.165, 1.54) is 6.07 Å². The van der Waals surface area contributed by atoms with Gasteiger partial charge in [0.15, 0.2) is 6.29 Å². The molecular formula is C22H28N6O7. The molecule has 13 nitrogen and oxygen atoms in total. The number of nitrogens with zero attached hydrogens (tertiary/aromatic N) is 2. The van der Waals surface area contributed by atoms with E-state index in [9.17, 15) is 19.5 Å². The van der Waals surface area contributed by atoms with Gasteiger partial charge in [-0.25, -0.2) is 9.59 Å². The number of carbonyl (C=O) groups is 3. The van der Waals surface area contributed by atoms with Crippen LogP contribution in [0.1, 0.15) is 29.0 Å². The first-order valence-electron chi connectivity index (χ1n) is 11.1. The molecular weight excluding hydrogens is 460 g/mol. The molecule has 2 atom stereocenters. The zero-order valence-corrected chi connectivity index (χ0v) is 18.9. The van der Waals surface area contributed by atoms with Crippen LogP contribution in [0.25, 0.3) is 0 Å². The standard InChI is InChI=1S/C22H28N6O7/c29-19(17-12-18(28-35-17)33-11-5-10-25-21-23-8-4-9-24-21)26-13-16(20(30)31)27-22(32)34-14-15-6-2-1-3-7-15/h1-3,6-8,12,16,21,24-25H,4-5,9-11,13-14H2,(H,26,29)(H,27,32)(H,30,31). The maximum absolute atomic E-state index is 12.3. The Bertz CT molecular complexity index is 997. The Morgan fingerprint density at radius 1 is 1.26 bits per heavy atom. The van der Waals surface area contributed by atoms with Gasteiger partial charge < -0.3 is 29.7 Å². The summed E-state index contributed by atoms with van der Waals surface area (Å²) in [6, 6.07) is 8.81. The van der Waals surface area contributed by atoms with Crippen molar-refractivity contribution in [1.29, 1.82) is 0 Å². The average molecular weight is 489 g/mol. The number of ether oxygens (including phenoxy) is 2. The smallest absolute Gasteiger partial charge is 0.408 e. The lowest BCUT2D eigenvalue weighted by Gasteiger charge is -2.18. The van der Waals surface area contributed by atoms with E-state index in [1.54, 1.807) is 24.3 Å². The Morgan fingerprint density at radius 2 is 2.09 bits per heavy atom. The Morgan fingerprint density at radius 3 is 2.83 bits per heavy atom. The van der Waals surface area contributed by atoms with Crippen molar-refractivity contribution in [3.63, 3.8) is 0 Å². The molecule has 2 aromatic rings. The van der Waals surface area contributed by atoms with E-state index in [4.69, 9.17) is 14.0 Å². The SMILES string of the molecule is O=C(NC(CNC(=O)c1cc(OCCCNC2N=CCCN2)no1)C(=O)O)OCc1ccccc1. The third-order valence-electron chi connectivity index (χ3n) is 4.76. The van der Waals surface area contributed by atoms with Crippen molar-refractivity contribution < 1.29 is 33.5 Å². The van der Waals surface area contributed by atoms with E-state index in [-0.39, 0.29) is 24.5 Å². The quantitative estimate of drug-likeness (QED) is 0.249. The lowest BCUT2D eigenvalue weighted by atomic mass is 10.2. The maximum Gasteiger partial charge on any atom is 0.408 e. The molecule has 0 saturated carbocycles. The second-order valence-corrected chi connectivity index (χ2v) is 7.47. The van der Waals surface area contributed by atoms with Crippen molar-refractivity contribution in [2.75, 3.05) is 26.2 Å². The van der Waals surface area contributed by atoms with E-state index < -0.39 is 30.6 Å². The number of benzene rings is 1. The van der Waals surface area contributed by atoms with Crippen LogP contribution in [-0.2, 0) is 16.1 Å². The van der Waals surface area contributed by atoms with E-state index in [1.807, 2.05) is 12.3 Å². The number of carboxylic acid groups (broad SMARTS) is 1. The molecule has 1 aliphatic heterocycles. The van der Waals surface area contributed by atoms with Gasteiger partial charge in [0.25, 0.3) is 11.8 Å². The highest BCUT2D eigenvalue weighted by Crippen LogP contribution is 2.11. The second kappa shape index (κ2) is 13.7. The predicted molar refractivity (Wildman–Crippen MR) is 123 cm³/mol. The van der Waals surface area contributed by atoms with Crippen LogP contribution in [0.3, 0.4) is 0 Å². The fourth-order valence-corrected chi connectivity index (χ4v) is 2.95. The minimum absolute atomic E-state index is 0.0202. The summed E-state index contributed by atoms with van der Waals surface area (Å²) in [7, 11) is 0. The van der Waals surface area contributed by atoms with Gasteiger partial charge in [-0.1, -0.05) is 30.3 Å². The first-order valence-corrected chi connectivity index (χ1v) is 11.1. The molecule has 35 heavy (non-hydrogen) atoms. The number of hydrogen-bond acceptors (Lipinski definition) is 10. The van der Waals surface area contributed by atoms with E-state index >= 15 is 0 Å². The highest BCUT2D eigenvalue weighted by atomic mass is 16.5. The van der Waals surface area contributed by atoms with Gasteiger partial charge >= 0.3 is 12.1 Å². The minimum atomic E-state index is -1.41. The molecule has 2 heterocycles.